The van der Waals surface area contributed by atoms with Gasteiger partial charge in [0.05, 0.1) is 15.5 Å². The Hall–Kier alpha value is -0.920. The Morgan fingerprint density at radius 3 is 1.89 bits per heavy atom. The van der Waals surface area contributed by atoms with Crippen LogP contribution in [0.3, 0.4) is 0 Å². The fourth-order valence-corrected chi connectivity index (χ4v) is 3.63. The van der Waals surface area contributed by atoms with Crippen LogP contribution < -0.4 is 5.73 Å². The number of benzene rings is 1. The van der Waals surface area contributed by atoms with Gasteiger partial charge in [-0.2, -0.15) is 0 Å². The minimum Gasteiger partial charge on any atom is -0.330 e. The molecule has 7 heteroatoms. The molecular formula is C12H19NO4S2. The highest BCUT2D eigenvalue weighted by Gasteiger charge is 2.15. The summed E-state index contributed by atoms with van der Waals surface area (Å²) in [5, 5.41) is 0. The predicted octanol–water partition coefficient (Wildman–Crippen LogP) is 0.993. The normalized spacial score (nSPS) is 12.5. The summed E-state index contributed by atoms with van der Waals surface area (Å²) in [5.74, 6) is 0.0607. The summed E-state index contributed by atoms with van der Waals surface area (Å²) in [5.41, 5.74) is 5.34. The van der Waals surface area contributed by atoms with Crippen molar-refractivity contribution < 1.29 is 16.8 Å². The third-order valence-corrected chi connectivity index (χ3v) is 5.67. The van der Waals surface area contributed by atoms with Crippen molar-refractivity contribution >= 4 is 19.7 Å². The molecule has 2 N–H and O–H groups in total. The zero-order valence-electron chi connectivity index (χ0n) is 10.9. The molecule has 0 heterocycles. The van der Waals surface area contributed by atoms with E-state index in [-0.39, 0.29) is 15.5 Å². The number of unbranched alkanes of at least 4 members (excludes halogenated alkanes) is 2. The topological polar surface area (TPSA) is 94.3 Å². The Morgan fingerprint density at radius 2 is 1.42 bits per heavy atom. The van der Waals surface area contributed by atoms with Gasteiger partial charge in [-0.15, -0.1) is 0 Å². The second-order valence-corrected chi connectivity index (χ2v) is 8.54. The van der Waals surface area contributed by atoms with Gasteiger partial charge in [-0.3, -0.25) is 0 Å². The molecule has 0 radical (unpaired) electrons. The van der Waals surface area contributed by atoms with Crippen LogP contribution in [0.2, 0.25) is 0 Å². The molecule has 1 aromatic rings. The van der Waals surface area contributed by atoms with Crippen LogP contribution in [0, 0.1) is 0 Å². The fourth-order valence-electron chi connectivity index (χ4n) is 1.63. The monoisotopic (exact) mass is 305 g/mol. The molecule has 0 atom stereocenters. The van der Waals surface area contributed by atoms with Gasteiger partial charge in [-0.05, 0) is 43.7 Å². The predicted molar refractivity (Wildman–Crippen MR) is 74.5 cm³/mol. The lowest BCUT2D eigenvalue weighted by atomic mass is 10.2. The van der Waals surface area contributed by atoms with Gasteiger partial charge < -0.3 is 5.73 Å². The minimum absolute atomic E-state index is 0.0607. The maximum absolute atomic E-state index is 12.0. The first-order valence-corrected chi connectivity index (χ1v) is 9.55. The second kappa shape index (κ2) is 6.49. The zero-order valence-corrected chi connectivity index (χ0v) is 12.5. The van der Waals surface area contributed by atoms with Crippen LogP contribution in [0.15, 0.2) is 34.1 Å². The van der Waals surface area contributed by atoms with E-state index in [1.165, 1.54) is 24.3 Å². The van der Waals surface area contributed by atoms with Crippen molar-refractivity contribution in [2.75, 3.05) is 18.6 Å². The number of sulfone groups is 2. The van der Waals surface area contributed by atoms with Gasteiger partial charge in [0.1, 0.15) is 0 Å². The first-order chi connectivity index (χ1) is 8.77. The Bertz CT molecular complexity index is 604. The molecule has 0 aromatic heterocycles. The Kier molecular flexibility index (Phi) is 5.51. The van der Waals surface area contributed by atoms with E-state index in [0.717, 1.165) is 19.1 Å². The molecule has 0 amide bonds. The fraction of sp³-hybridized carbons (Fsp3) is 0.500. The average molecular weight is 305 g/mol. The molecule has 0 aliphatic heterocycles. The SMILES string of the molecule is CS(=O)(=O)c1ccc(S(=O)(=O)CCCCCN)cc1. The maximum atomic E-state index is 12.0. The van der Waals surface area contributed by atoms with Gasteiger partial charge in [0, 0.05) is 6.26 Å². The number of hydrogen-bond donors (Lipinski definition) is 1. The smallest absolute Gasteiger partial charge is 0.178 e. The van der Waals surface area contributed by atoms with E-state index in [0.29, 0.717) is 13.0 Å². The summed E-state index contributed by atoms with van der Waals surface area (Å²) in [6.45, 7) is 0.559. The second-order valence-electron chi connectivity index (χ2n) is 4.41. The van der Waals surface area contributed by atoms with Crippen LogP contribution in [0.1, 0.15) is 19.3 Å². The van der Waals surface area contributed by atoms with Gasteiger partial charge in [0.2, 0.25) is 0 Å². The third-order valence-electron chi connectivity index (χ3n) is 2.73. The van der Waals surface area contributed by atoms with Crippen molar-refractivity contribution in [1.82, 2.24) is 0 Å². The largest absolute Gasteiger partial charge is 0.330 e. The van der Waals surface area contributed by atoms with E-state index < -0.39 is 19.7 Å². The van der Waals surface area contributed by atoms with E-state index in [1.807, 2.05) is 0 Å². The van der Waals surface area contributed by atoms with E-state index in [9.17, 15) is 16.8 Å². The van der Waals surface area contributed by atoms with E-state index in [2.05, 4.69) is 0 Å². The Labute approximate surface area is 114 Å². The standard InChI is InChI=1S/C12H19NO4S2/c1-18(14,15)11-5-7-12(8-6-11)19(16,17)10-4-2-3-9-13/h5-8H,2-4,9-10,13H2,1H3. The van der Waals surface area contributed by atoms with E-state index in [1.54, 1.807) is 0 Å². The first-order valence-electron chi connectivity index (χ1n) is 6.00. The van der Waals surface area contributed by atoms with Crippen molar-refractivity contribution in [3.05, 3.63) is 24.3 Å². The maximum Gasteiger partial charge on any atom is 0.178 e. The Balaban J connectivity index is 2.80. The zero-order chi connectivity index (χ0) is 14.5. The van der Waals surface area contributed by atoms with Crippen LogP contribution in [0.5, 0.6) is 0 Å². The van der Waals surface area contributed by atoms with Crippen LogP contribution in [-0.4, -0.2) is 35.4 Å². The highest BCUT2D eigenvalue weighted by Crippen LogP contribution is 2.16. The molecule has 0 saturated heterocycles. The highest BCUT2D eigenvalue weighted by molar-refractivity contribution is 7.91. The van der Waals surface area contributed by atoms with Crippen LogP contribution in [0.25, 0.3) is 0 Å². The number of nitrogens with two attached hydrogens (primary N) is 1. The molecule has 0 aliphatic carbocycles. The van der Waals surface area contributed by atoms with Gasteiger partial charge in [0.25, 0.3) is 0 Å². The lowest BCUT2D eigenvalue weighted by Gasteiger charge is -2.05. The molecule has 5 nitrogen and oxygen atoms in total. The van der Waals surface area contributed by atoms with E-state index >= 15 is 0 Å². The summed E-state index contributed by atoms with van der Waals surface area (Å²) < 4.78 is 46.5. The highest BCUT2D eigenvalue weighted by atomic mass is 32.2. The first kappa shape index (κ1) is 16.1. The third kappa shape index (κ3) is 4.93. The summed E-state index contributed by atoms with van der Waals surface area (Å²) in [6, 6.07) is 5.33. The lowest BCUT2D eigenvalue weighted by Crippen LogP contribution is -2.08. The Morgan fingerprint density at radius 1 is 0.895 bits per heavy atom. The van der Waals surface area contributed by atoms with Crippen molar-refractivity contribution in [2.24, 2.45) is 5.73 Å². The van der Waals surface area contributed by atoms with Gasteiger partial charge in [-0.1, -0.05) is 6.42 Å². The summed E-state index contributed by atoms with van der Waals surface area (Å²) >= 11 is 0. The van der Waals surface area contributed by atoms with E-state index in [4.69, 9.17) is 5.73 Å². The van der Waals surface area contributed by atoms with Crippen LogP contribution >= 0.6 is 0 Å². The molecule has 0 bridgehead atoms. The molecule has 19 heavy (non-hydrogen) atoms. The average Bonchev–Trinajstić information content (AvgIpc) is 2.34. The summed E-state index contributed by atoms with van der Waals surface area (Å²) in [6.07, 6.45) is 3.23. The minimum atomic E-state index is -3.34. The molecule has 0 spiro atoms. The quantitative estimate of drug-likeness (QED) is 0.758. The molecule has 0 aliphatic rings. The molecule has 0 saturated carbocycles. The van der Waals surface area contributed by atoms with Gasteiger partial charge >= 0.3 is 0 Å². The van der Waals surface area contributed by atoms with Crippen LogP contribution in [0.4, 0.5) is 0 Å². The van der Waals surface area contributed by atoms with Gasteiger partial charge in [-0.25, -0.2) is 16.8 Å². The number of rotatable bonds is 7. The van der Waals surface area contributed by atoms with Crippen molar-refractivity contribution in [1.29, 1.82) is 0 Å². The summed E-state index contributed by atoms with van der Waals surface area (Å²) in [4.78, 5) is 0.280. The van der Waals surface area contributed by atoms with Gasteiger partial charge in [0.15, 0.2) is 19.7 Å². The molecule has 1 rings (SSSR count). The van der Waals surface area contributed by atoms with Crippen molar-refractivity contribution in [2.45, 2.75) is 29.1 Å². The van der Waals surface area contributed by atoms with Crippen molar-refractivity contribution in [3.8, 4) is 0 Å². The molecule has 0 unspecified atom stereocenters. The van der Waals surface area contributed by atoms with Crippen molar-refractivity contribution in [3.63, 3.8) is 0 Å². The van der Waals surface area contributed by atoms with Crippen LogP contribution in [-0.2, 0) is 19.7 Å². The molecular weight excluding hydrogens is 286 g/mol. The number of hydrogen-bond acceptors (Lipinski definition) is 5. The molecule has 1 aromatic carbocycles. The molecule has 108 valence electrons. The molecule has 0 fully saturated rings. The lowest BCUT2D eigenvalue weighted by molar-refractivity contribution is 0.589. The summed E-state index contributed by atoms with van der Waals surface area (Å²) in [7, 11) is -6.64.